The van der Waals surface area contributed by atoms with Crippen molar-refractivity contribution in [3.8, 4) is 0 Å². The molecule has 1 aliphatic heterocycles. The predicted octanol–water partition coefficient (Wildman–Crippen LogP) is 1.35. The van der Waals surface area contributed by atoms with Gasteiger partial charge in [0, 0.05) is 37.3 Å². The molecule has 2 unspecified atom stereocenters. The Balaban J connectivity index is 1.98. The van der Waals surface area contributed by atoms with E-state index in [0.717, 1.165) is 5.56 Å². The fourth-order valence-electron chi connectivity index (χ4n) is 2.55. The number of amides is 1. The van der Waals surface area contributed by atoms with E-state index < -0.39 is 4.92 Å². The molecule has 108 valence electrons. The van der Waals surface area contributed by atoms with E-state index in [0.29, 0.717) is 25.2 Å². The molecule has 1 aromatic carbocycles. The summed E-state index contributed by atoms with van der Waals surface area (Å²) < 4.78 is 0. The van der Waals surface area contributed by atoms with Crippen LogP contribution in [0.15, 0.2) is 24.3 Å². The van der Waals surface area contributed by atoms with Crippen LogP contribution in [0.3, 0.4) is 0 Å². The summed E-state index contributed by atoms with van der Waals surface area (Å²) in [4.78, 5) is 24.2. The van der Waals surface area contributed by atoms with Gasteiger partial charge in [-0.15, -0.1) is 0 Å². The number of hydrogen-bond acceptors (Lipinski definition) is 4. The molecule has 0 radical (unpaired) electrons. The van der Waals surface area contributed by atoms with Gasteiger partial charge in [-0.05, 0) is 19.4 Å². The summed E-state index contributed by atoms with van der Waals surface area (Å²) in [6, 6.07) is 6.74. The number of nitrogens with zero attached hydrogens (tertiary/aromatic N) is 2. The molecule has 1 aromatic rings. The van der Waals surface area contributed by atoms with Crippen LogP contribution in [-0.4, -0.2) is 40.9 Å². The second kappa shape index (κ2) is 6.00. The van der Waals surface area contributed by atoms with Crippen LogP contribution in [-0.2, 0) is 11.2 Å². The van der Waals surface area contributed by atoms with Crippen molar-refractivity contribution in [1.29, 1.82) is 0 Å². The van der Waals surface area contributed by atoms with Gasteiger partial charge in [0.25, 0.3) is 5.69 Å². The molecule has 2 rings (SSSR count). The van der Waals surface area contributed by atoms with Crippen LogP contribution in [0.4, 0.5) is 5.69 Å². The van der Waals surface area contributed by atoms with E-state index in [1.165, 1.54) is 12.1 Å². The first-order valence-electron chi connectivity index (χ1n) is 6.73. The first-order chi connectivity index (χ1) is 9.45. The van der Waals surface area contributed by atoms with Gasteiger partial charge >= 0.3 is 0 Å². The maximum atomic E-state index is 12.2. The van der Waals surface area contributed by atoms with Gasteiger partial charge in [0.15, 0.2) is 0 Å². The molecule has 20 heavy (non-hydrogen) atoms. The lowest BCUT2D eigenvalue weighted by Crippen LogP contribution is -2.56. The highest BCUT2D eigenvalue weighted by molar-refractivity contribution is 5.79. The van der Waals surface area contributed by atoms with Gasteiger partial charge in [0.2, 0.25) is 5.91 Å². The standard InChI is InChI=1S/C14H19N3O3/c1-10-8-16(9-11(2)15-10)14(18)7-12-3-5-13(6-4-12)17(19)20/h3-6,10-11,15H,7-9H2,1-2H3. The maximum absolute atomic E-state index is 12.2. The predicted molar refractivity (Wildman–Crippen MR) is 75.4 cm³/mol. The minimum absolute atomic E-state index is 0.0469. The Morgan fingerprint density at radius 3 is 2.35 bits per heavy atom. The average molecular weight is 277 g/mol. The number of nitro benzene ring substituents is 1. The third-order valence-corrected chi connectivity index (χ3v) is 3.41. The van der Waals surface area contributed by atoms with Gasteiger partial charge in [0.05, 0.1) is 11.3 Å². The zero-order valence-electron chi connectivity index (χ0n) is 11.7. The van der Waals surface area contributed by atoms with Crippen LogP contribution < -0.4 is 5.32 Å². The molecule has 0 spiro atoms. The molecule has 6 heteroatoms. The highest BCUT2D eigenvalue weighted by Gasteiger charge is 2.24. The molecule has 6 nitrogen and oxygen atoms in total. The van der Waals surface area contributed by atoms with E-state index in [9.17, 15) is 14.9 Å². The van der Waals surface area contributed by atoms with Crippen LogP contribution in [0.5, 0.6) is 0 Å². The van der Waals surface area contributed by atoms with Crippen LogP contribution in [0.1, 0.15) is 19.4 Å². The molecule has 0 aliphatic carbocycles. The summed E-state index contributed by atoms with van der Waals surface area (Å²) >= 11 is 0. The van der Waals surface area contributed by atoms with Crippen molar-refractivity contribution in [1.82, 2.24) is 10.2 Å². The van der Waals surface area contributed by atoms with Gasteiger partial charge in [-0.2, -0.15) is 0 Å². The smallest absolute Gasteiger partial charge is 0.269 e. The third-order valence-electron chi connectivity index (χ3n) is 3.41. The van der Waals surface area contributed by atoms with Gasteiger partial charge in [-0.1, -0.05) is 12.1 Å². The fourth-order valence-corrected chi connectivity index (χ4v) is 2.55. The first-order valence-corrected chi connectivity index (χ1v) is 6.73. The Bertz CT molecular complexity index is 491. The van der Waals surface area contributed by atoms with Crippen molar-refractivity contribution in [3.63, 3.8) is 0 Å². The van der Waals surface area contributed by atoms with Gasteiger partial charge < -0.3 is 10.2 Å². The summed E-state index contributed by atoms with van der Waals surface area (Å²) in [6.07, 6.45) is 0.289. The van der Waals surface area contributed by atoms with E-state index in [1.807, 2.05) is 4.90 Å². The topological polar surface area (TPSA) is 75.5 Å². The van der Waals surface area contributed by atoms with Crippen LogP contribution in [0.2, 0.25) is 0 Å². The summed E-state index contributed by atoms with van der Waals surface area (Å²) in [6.45, 7) is 5.52. The van der Waals surface area contributed by atoms with Crippen molar-refractivity contribution in [3.05, 3.63) is 39.9 Å². The van der Waals surface area contributed by atoms with Gasteiger partial charge in [-0.3, -0.25) is 14.9 Å². The number of piperazine rings is 1. The maximum Gasteiger partial charge on any atom is 0.269 e. The van der Waals surface area contributed by atoms with Crippen molar-refractivity contribution >= 4 is 11.6 Å². The Morgan fingerprint density at radius 1 is 1.30 bits per heavy atom. The SMILES string of the molecule is CC1CN(C(=O)Cc2ccc([N+](=O)[O-])cc2)CC(C)N1. The summed E-state index contributed by atoms with van der Waals surface area (Å²) in [5.74, 6) is 0.0686. The number of nitrogens with one attached hydrogen (secondary N) is 1. The molecule has 1 fully saturated rings. The lowest BCUT2D eigenvalue weighted by atomic mass is 10.1. The number of non-ortho nitro benzene ring substituents is 1. The molecule has 0 aromatic heterocycles. The van der Waals surface area contributed by atoms with Gasteiger partial charge in [0.1, 0.15) is 0 Å². The Hall–Kier alpha value is -1.95. The quantitative estimate of drug-likeness (QED) is 0.668. The highest BCUT2D eigenvalue weighted by atomic mass is 16.6. The molecule has 1 saturated heterocycles. The minimum Gasteiger partial charge on any atom is -0.339 e. The average Bonchev–Trinajstić information content (AvgIpc) is 2.38. The van der Waals surface area contributed by atoms with E-state index in [-0.39, 0.29) is 18.0 Å². The number of nitro groups is 1. The molecule has 2 atom stereocenters. The van der Waals surface area contributed by atoms with Crippen molar-refractivity contribution in [2.75, 3.05) is 13.1 Å². The van der Waals surface area contributed by atoms with E-state index in [1.54, 1.807) is 12.1 Å². The lowest BCUT2D eigenvalue weighted by molar-refractivity contribution is -0.384. The van der Waals surface area contributed by atoms with Gasteiger partial charge in [-0.25, -0.2) is 0 Å². The lowest BCUT2D eigenvalue weighted by Gasteiger charge is -2.36. The number of carbonyl (C=O) groups excluding carboxylic acids is 1. The number of rotatable bonds is 3. The Kier molecular flexibility index (Phi) is 4.34. The molecule has 1 aliphatic rings. The molecular weight excluding hydrogens is 258 g/mol. The summed E-state index contributed by atoms with van der Waals surface area (Å²) in [5.41, 5.74) is 0.852. The molecular formula is C14H19N3O3. The van der Waals surface area contributed by atoms with Crippen LogP contribution in [0.25, 0.3) is 0 Å². The second-order valence-corrected chi connectivity index (χ2v) is 5.37. The van der Waals surface area contributed by atoms with Crippen molar-refractivity contribution < 1.29 is 9.72 Å². The van der Waals surface area contributed by atoms with Crippen molar-refractivity contribution in [2.24, 2.45) is 0 Å². The minimum atomic E-state index is -0.439. The monoisotopic (exact) mass is 277 g/mol. The largest absolute Gasteiger partial charge is 0.339 e. The molecule has 0 bridgehead atoms. The summed E-state index contributed by atoms with van der Waals surface area (Å²) in [7, 11) is 0. The molecule has 0 saturated carbocycles. The number of benzene rings is 1. The third kappa shape index (κ3) is 3.54. The number of hydrogen-bond donors (Lipinski definition) is 1. The second-order valence-electron chi connectivity index (χ2n) is 5.37. The fraction of sp³-hybridized carbons (Fsp3) is 0.500. The number of carbonyl (C=O) groups is 1. The van der Waals surface area contributed by atoms with Crippen LogP contribution in [0, 0.1) is 10.1 Å². The van der Waals surface area contributed by atoms with E-state index in [4.69, 9.17) is 0 Å². The van der Waals surface area contributed by atoms with E-state index >= 15 is 0 Å². The Labute approximate surface area is 117 Å². The molecule has 1 amide bonds. The first kappa shape index (κ1) is 14.5. The van der Waals surface area contributed by atoms with E-state index in [2.05, 4.69) is 19.2 Å². The summed E-state index contributed by atoms with van der Waals surface area (Å²) in [5, 5.41) is 14.0. The zero-order valence-corrected chi connectivity index (χ0v) is 11.7. The van der Waals surface area contributed by atoms with Crippen LogP contribution >= 0.6 is 0 Å². The van der Waals surface area contributed by atoms with Crippen molar-refractivity contribution in [2.45, 2.75) is 32.4 Å². The molecule has 1 N–H and O–H groups in total. The normalized spacial score (nSPS) is 22.6. The molecule has 1 heterocycles. The Morgan fingerprint density at radius 2 is 1.85 bits per heavy atom. The zero-order chi connectivity index (χ0) is 14.7. The highest BCUT2D eigenvalue weighted by Crippen LogP contribution is 2.14.